The van der Waals surface area contributed by atoms with Gasteiger partial charge in [0.1, 0.15) is 0 Å². The Morgan fingerprint density at radius 3 is 2.42 bits per heavy atom. The van der Waals surface area contributed by atoms with Crippen molar-refractivity contribution in [2.24, 2.45) is 5.73 Å². The summed E-state index contributed by atoms with van der Waals surface area (Å²) in [6, 6.07) is 0. The van der Waals surface area contributed by atoms with Gasteiger partial charge in [0.2, 0.25) is 0 Å². The molecule has 0 aromatic carbocycles. The van der Waals surface area contributed by atoms with Gasteiger partial charge in [0.15, 0.2) is 0 Å². The molecule has 1 heteroatoms. The molecule has 0 aliphatic heterocycles. The highest BCUT2D eigenvalue weighted by atomic mass is 14.5. The van der Waals surface area contributed by atoms with E-state index in [0.717, 1.165) is 23.3 Å². The van der Waals surface area contributed by atoms with Crippen molar-refractivity contribution in [3.8, 4) is 0 Å². The maximum absolute atomic E-state index is 5.64. The minimum atomic E-state index is 0.750. The summed E-state index contributed by atoms with van der Waals surface area (Å²) < 4.78 is 0. The van der Waals surface area contributed by atoms with Crippen molar-refractivity contribution in [2.75, 3.05) is 0 Å². The Labute approximate surface area is 75.0 Å². The first kappa shape index (κ1) is 10.8. The summed E-state index contributed by atoms with van der Waals surface area (Å²) in [5, 5.41) is 0. The van der Waals surface area contributed by atoms with E-state index in [4.69, 9.17) is 5.73 Å². The van der Waals surface area contributed by atoms with Gasteiger partial charge in [-0.1, -0.05) is 32.2 Å². The van der Waals surface area contributed by atoms with Crippen LogP contribution in [0.3, 0.4) is 0 Å². The predicted molar refractivity (Wildman–Crippen MR) is 55.7 cm³/mol. The highest BCUT2D eigenvalue weighted by molar-refractivity contribution is 5.41. The van der Waals surface area contributed by atoms with Gasteiger partial charge in [-0.15, -0.1) is 0 Å². The zero-order valence-corrected chi connectivity index (χ0v) is 7.93. The molecule has 0 aromatic heterocycles. The lowest BCUT2D eigenvalue weighted by Gasteiger charge is -2.02. The maximum atomic E-state index is 5.64. The molecule has 0 bridgehead atoms. The maximum Gasteiger partial charge on any atom is 0.0276 e. The van der Waals surface area contributed by atoms with Gasteiger partial charge in [0.25, 0.3) is 0 Å². The molecule has 0 aliphatic carbocycles. The second kappa shape index (κ2) is 5.42. The van der Waals surface area contributed by atoms with E-state index in [1.807, 2.05) is 19.1 Å². The van der Waals surface area contributed by atoms with E-state index in [1.165, 1.54) is 0 Å². The van der Waals surface area contributed by atoms with Crippen LogP contribution in [-0.2, 0) is 0 Å². The fraction of sp³-hybridized carbons (Fsp3) is 0.273. The molecule has 0 unspecified atom stereocenters. The van der Waals surface area contributed by atoms with Crippen LogP contribution in [0.1, 0.15) is 20.3 Å². The summed E-state index contributed by atoms with van der Waals surface area (Å²) in [5.74, 6) is 0. The number of nitrogens with two attached hydrogens (primary N) is 1. The second-order valence-electron chi connectivity index (χ2n) is 2.55. The topological polar surface area (TPSA) is 26.0 Å². The molecular formula is C11H17N. The molecule has 0 fully saturated rings. The van der Waals surface area contributed by atoms with Crippen LogP contribution in [0.4, 0.5) is 0 Å². The second-order valence-corrected chi connectivity index (χ2v) is 2.55. The highest BCUT2D eigenvalue weighted by Gasteiger charge is 1.95. The van der Waals surface area contributed by atoms with Crippen molar-refractivity contribution < 1.29 is 0 Å². The molecule has 66 valence electrons. The quantitative estimate of drug-likeness (QED) is 0.633. The smallest absolute Gasteiger partial charge is 0.0276 e. The molecule has 0 heterocycles. The van der Waals surface area contributed by atoms with Crippen LogP contribution in [0.2, 0.25) is 0 Å². The van der Waals surface area contributed by atoms with Crippen LogP contribution >= 0.6 is 0 Å². The van der Waals surface area contributed by atoms with Crippen molar-refractivity contribution in [1.29, 1.82) is 0 Å². The van der Waals surface area contributed by atoms with Crippen molar-refractivity contribution in [3.05, 3.63) is 48.2 Å². The third-order valence-electron chi connectivity index (χ3n) is 1.71. The van der Waals surface area contributed by atoms with E-state index in [-0.39, 0.29) is 0 Å². The van der Waals surface area contributed by atoms with E-state index in [0.29, 0.717) is 0 Å². The fourth-order valence-electron chi connectivity index (χ4n) is 0.772. The zero-order chi connectivity index (χ0) is 9.56. The molecule has 0 aromatic rings. The van der Waals surface area contributed by atoms with Gasteiger partial charge in [-0.25, -0.2) is 0 Å². The predicted octanol–water partition coefficient (Wildman–Crippen LogP) is 2.93. The minimum Gasteiger partial charge on any atom is -0.399 e. The monoisotopic (exact) mass is 163 g/mol. The van der Waals surface area contributed by atoms with Crippen molar-refractivity contribution in [3.63, 3.8) is 0 Å². The van der Waals surface area contributed by atoms with Crippen molar-refractivity contribution >= 4 is 0 Å². The first-order valence-corrected chi connectivity index (χ1v) is 4.09. The van der Waals surface area contributed by atoms with E-state index < -0.39 is 0 Å². The number of hydrogen-bond donors (Lipinski definition) is 1. The van der Waals surface area contributed by atoms with Gasteiger partial charge in [-0.05, 0) is 30.6 Å². The standard InChI is InChI=1S/C11H17N/c1-5-9(4)10(6-2)8-11(12)7-3/h6-8H,2,4-5,12H2,1,3H3/b10-8-,11-7+. The van der Waals surface area contributed by atoms with Crippen molar-refractivity contribution in [2.45, 2.75) is 20.3 Å². The molecule has 1 nitrogen and oxygen atoms in total. The lowest BCUT2D eigenvalue weighted by Crippen LogP contribution is -1.94. The van der Waals surface area contributed by atoms with Gasteiger partial charge in [-0.2, -0.15) is 0 Å². The summed E-state index contributed by atoms with van der Waals surface area (Å²) >= 11 is 0. The molecular weight excluding hydrogens is 146 g/mol. The molecule has 0 radical (unpaired) electrons. The average Bonchev–Trinajstić information content (AvgIpc) is 2.12. The molecule has 2 N–H and O–H groups in total. The molecule has 0 aliphatic rings. The summed E-state index contributed by atoms with van der Waals surface area (Å²) in [6.07, 6.45) is 6.45. The van der Waals surface area contributed by atoms with Gasteiger partial charge >= 0.3 is 0 Å². The first-order chi connectivity index (χ1) is 5.65. The van der Waals surface area contributed by atoms with Crippen LogP contribution in [0, 0.1) is 0 Å². The Morgan fingerprint density at radius 2 is 2.08 bits per heavy atom. The van der Waals surface area contributed by atoms with Crippen LogP contribution in [0.25, 0.3) is 0 Å². The Bertz CT molecular complexity index is 231. The van der Waals surface area contributed by atoms with Gasteiger partial charge in [0, 0.05) is 5.70 Å². The number of hydrogen-bond acceptors (Lipinski definition) is 1. The van der Waals surface area contributed by atoms with Crippen LogP contribution in [0.15, 0.2) is 48.2 Å². The SMILES string of the molecule is C=C/C(=C/C(N)=C\C)C(=C)CC. The molecule has 12 heavy (non-hydrogen) atoms. The largest absolute Gasteiger partial charge is 0.399 e. The first-order valence-electron chi connectivity index (χ1n) is 4.09. The fourth-order valence-corrected chi connectivity index (χ4v) is 0.772. The van der Waals surface area contributed by atoms with Gasteiger partial charge in [-0.3, -0.25) is 0 Å². The van der Waals surface area contributed by atoms with Crippen molar-refractivity contribution in [1.82, 2.24) is 0 Å². The molecule has 0 amide bonds. The van der Waals surface area contributed by atoms with E-state index in [9.17, 15) is 0 Å². The third-order valence-corrected chi connectivity index (χ3v) is 1.71. The minimum absolute atomic E-state index is 0.750. The zero-order valence-electron chi connectivity index (χ0n) is 7.93. The van der Waals surface area contributed by atoms with Crippen LogP contribution in [-0.4, -0.2) is 0 Å². The van der Waals surface area contributed by atoms with Crippen LogP contribution in [0.5, 0.6) is 0 Å². The van der Waals surface area contributed by atoms with Gasteiger partial charge < -0.3 is 5.73 Å². The van der Waals surface area contributed by atoms with E-state index in [1.54, 1.807) is 6.08 Å². The normalized spacial score (nSPS) is 12.8. The number of rotatable bonds is 4. The lowest BCUT2D eigenvalue weighted by atomic mass is 10.0. The molecule has 0 spiro atoms. The summed E-state index contributed by atoms with van der Waals surface area (Å²) in [4.78, 5) is 0. The summed E-state index contributed by atoms with van der Waals surface area (Å²) in [7, 11) is 0. The van der Waals surface area contributed by atoms with Gasteiger partial charge in [0.05, 0.1) is 0 Å². The van der Waals surface area contributed by atoms with Crippen LogP contribution < -0.4 is 5.73 Å². The summed E-state index contributed by atoms with van der Waals surface area (Å²) in [6.45, 7) is 11.6. The van der Waals surface area contributed by atoms with E-state index >= 15 is 0 Å². The molecule has 0 saturated carbocycles. The number of allylic oxidation sites excluding steroid dienone is 5. The Morgan fingerprint density at radius 1 is 1.50 bits per heavy atom. The molecule has 0 rings (SSSR count). The lowest BCUT2D eigenvalue weighted by molar-refractivity contribution is 1.13. The molecule has 0 saturated heterocycles. The third kappa shape index (κ3) is 3.24. The average molecular weight is 163 g/mol. The highest BCUT2D eigenvalue weighted by Crippen LogP contribution is 2.13. The Hall–Kier alpha value is -1.24. The molecule has 0 atom stereocenters. The summed E-state index contributed by atoms with van der Waals surface area (Å²) in [5.41, 5.74) is 8.47. The Balaban J connectivity index is 4.66. The Kier molecular flexibility index (Phi) is 4.86. The van der Waals surface area contributed by atoms with E-state index in [2.05, 4.69) is 20.1 Å².